The van der Waals surface area contributed by atoms with Crippen molar-refractivity contribution in [2.75, 3.05) is 26.2 Å². The third-order valence-corrected chi connectivity index (χ3v) is 5.18. The standard InChI is InChI=1S/C24H24FN3O2/c1-16-10-20(6-7-28-16)30-24-5-2-17(11-21-15-27-8-9-29-21)12-22(24)18-3-4-19(14-26)23(25)13-18/h2-6,10,12-13,21,27-28H,7-9,11,15H2,1H3. The van der Waals surface area contributed by atoms with Crippen LogP contribution in [-0.4, -0.2) is 32.3 Å². The largest absolute Gasteiger partial charge is 0.457 e. The Balaban J connectivity index is 1.68. The van der Waals surface area contributed by atoms with Crippen LogP contribution < -0.4 is 15.4 Å². The predicted octanol–water partition coefficient (Wildman–Crippen LogP) is 3.66. The fourth-order valence-corrected chi connectivity index (χ4v) is 3.64. The molecule has 0 aromatic heterocycles. The summed E-state index contributed by atoms with van der Waals surface area (Å²) in [5, 5.41) is 15.6. The maximum absolute atomic E-state index is 14.3. The number of nitriles is 1. The zero-order valence-electron chi connectivity index (χ0n) is 16.9. The van der Waals surface area contributed by atoms with Gasteiger partial charge >= 0.3 is 0 Å². The molecule has 2 aromatic rings. The molecule has 154 valence electrons. The van der Waals surface area contributed by atoms with Gasteiger partial charge in [0, 0.05) is 30.9 Å². The van der Waals surface area contributed by atoms with Crippen molar-refractivity contribution in [3.63, 3.8) is 0 Å². The van der Waals surface area contributed by atoms with Crippen molar-refractivity contribution in [1.29, 1.82) is 5.26 Å². The summed E-state index contributed by atoms with van der Waals surface area (Å²) in [6.07, 6.45) is 4.76. The number of nitrogens with zero attached hydrogens (tertiary/aromatic N) is 1. The molecular weight excluding hydrogens is 381 g/mol. The van der Waals surface area contributed by atoms with Crippen molar-refractivity contribution in [3.8, 4) is 22.9 Å². The van der Waals surface area contributed by atoms with Gasteiger partial charge < -0.3 is 20.1 Å². The summed E-state index contributed by atoms with van der Waals surface area (Å²) < 4.78 is 26.3. The molecule has 0 aliphatic carbocycles. The van der Waals surface area contributed by atoms with Gasteiger partial charge in [-0.3, -0.25) is 0 Å². The first-order chi connectivity index (χ1) is 14.6. The Morgan fingerprint density at radius 2 is 2.17 bits per heavy atom. The molecule has 0 bridgehead atoms. The van der Waals surface area contributed by atoms with Gasteiger partial charge in [-0.2, -0.15) is 5.26 Å². The van der Waals surface area contributed by atoms with E-state index in [1.165, 1.54) is 12.1 Å². The first kappa shape index (κ1) is 20.1. The lowest BCUT2D eigenvalue weighted by atomic mass is 9.98. The second-order valence-corrected chi connectivity index (χ2v) is 7.45. The molecule has 0 radical (unpaired) electrons. The fraction of sp³-hybridized carbons (Fsp3) is 0.292. The average Bonchev–Trinajstić information content (AvgIpc) is 2.75. The van der Waals surface area contributed by atoms with Crippen LogP contribution in [0.4, 0.5) is 4.39 Å². The molecule has 2 aromatic carbocycles. The van der Waals surface area contributed by atoms with Crippen molar-refractivity contribution >= 4 is 0 Å². The fourth-order valence-electron chi connectivity index (χ4n) is 3.64. The summed E-state index contributed by atoms with van der Waals surface area (Å²) in [7, 11) is 0. The Labute approximate surface area is 175 Å². The molecule has 6 heteroatoms. The maximum atomic E-state index is 14.3. The summed E-state index contributed by atoms with van der Waals surface area (Å²) in [6.45, 7) is 5.06. The molecule has 1 atom stereocenters. The second kappa shape index (κ2) is 9.12. The summed E-state index contributed by atoms with van der Waals surface area (Å²) in [6, 6.07) is 12.5. The summed E-state index contributed by atoms with van der Waals surface area (Å²) >= 11 is 0. The van der Waals surface area contributed by atoms with Crippen molar-refractivity contribution in [3.05, 3.63) is 77.0 Å². The number of rotatable bonds is 5. The van der Waals surface area contributed by atoms with E-state index in [1.807, 2.05) is 43.3 Å². The number of morpholine rings is 1. The van der Waals surface area contributed by atoms with Crippen LogP contribution in [0.15, 0.2) is 60.0 Å². The third kappa shape index (κ3) is 4.70. The van der Waals surface area contributed by atoms with Crippen molar-refractivity contribution in [2.24, 2.45) is 0 Å². The summed E-state index contributed by atoms with van der Waals surface area (Å²) in [4.78, 5) is 0. The molecule has 2 aliphatic heterocycles. The van der Waals surface area contributed by atoms with Gasteiger partial charge in [-0.05, 0) is 60.9 Å². The first-order valence-corrected chi connectivity index (χ1v) is 10.1. The topological polar surface area (TPSA) is 66.3 Å². The van der Waals surface area contributed by atoms with Crippen molar-refractivity contribution in [2.45, 2.75) is 19.4 Å². The monoisotopic (exact) mass is 405 g/mol. The normalized spacial score (nSPS) is 18.6. The van der Waals surface area contributed by atoms with E-state index < -0.39 is 5.82 Å². The maximum Gasteiger partial charge on any atom is 0.141 e. The number of allylic oxidation sites excluding steroid dienone is 2. The molecule has 1 saturated heterocycles. The minimum Gasteiger partial charge on any atom is -0.457 e. The molecule has 1 unspecified atom stereocenters. The number of hydrogen-bond acceptors (Lipinski definition) is 5. The number of ether oxygens (including phenoxy) is 2. The number of halogens is 1. The lowest BCUT2D eigenvalue weighted by Gasteiger charge is -2.24. The number of nitrogens with one attached hydrogen (secondary N) is 2. The molecule has 0 saturated carbocycles. The van der Waals surface area contributed by atoms with Gasteiger partial charge in [0.1, 0.15) is 23.4 Å². The van der Waals surface area contributed by atoms with Gasteiger partial charge in [0.2, 0.25) is 0 Å². The Kier molecular flexibility index (Phi) is 6.12. The molecule has 0 spiro atoms. The van der Waals surface area contributed by atoms with E-state index >= 15 is 0 Å². The molecule has 30 heavy (non-hydrogen) atoms. The van der Waals surface area contributed by atoms with Gasteiger partial charge in [-0.1, -0.05) is 12.1 Å². The highest BCUT2D eigenvalue weighted by atomic mass is 19.1. The van der Waals surface area contributed by atoms with Crippen LogP contribution in [0.3, 0.4) is 0 Å². The van der Waals surface area contributed by atoms with Gasteiger partial charge in [0.05, 0.1) is 18.3 Å². The Morgan fingerprint density at radius 1 is 1.27 bits per heavy atom. The zero-order chi connectivity index (χ0) is 20.9. The van der Waals surface area contributed by atoms with E-state index in [4.69, 9.17) is 14.7 Å². The Morgan fingerprint density at radius 3 is 2.90 bits per heavy atom. The lowest BCUT2D eigenvalue weighted by Crippen LogP contribution is -2.39. The molecule has 2 N–H and O–H groups in total. The molecule has 0 amide bonds. The highest BCUT2D eigenvalue weighted by Gasteiger charge is 2.17. The van der Waals surface area contributed by atoms with Crippen molar-refractivity contribution < 1.29 is 13.9 Å². The van der Waals surface area contributed by atoms with Crippen LogP contribution in [0.2, 0.25) is 0 Å². The highest BCUT2D eigenvalue weighted by molar-refractivity contribution is 5.72. The minimum absolute atomic E-state index is 0.0266. The van der Waals surface area contributed by atoms with Crippen LogP contribution in [0, 0.1) is 17.1 Å². The number of dihydropyridines is 1. The zero-order valence-corrected chi connectivity index (χ0v) is 16.9. The van der Waals surface area contributed by atoms with E-state index in [0.717, 1.165) is 42.1 Å². The van der Waals surface area contributed by atoms with E-state index in [2.05, 4.69) is 10.6 Å². The molecule has 2 heterocycles. The van der Waals surface area contributed by atoms with E-state index in [-0.39, 0.29) is 11.7 Å². The smallest absolute Gasteiger partial charge is 0.141 e. The highest BCUT2D eigenvalue weighted by Crippen LogP contribution is 2.34. The summed E-state index contributed by atoms with van der Waals surface area (Å²) in [5.74, 6) is 0.847. The quantitative estimate of drug-likeness (QED) is 0.795. The van der Waals surface area contributed by atoms with Gasteiger partial charge in [0.15, 0.2) is 0 Å². The molecule has 5 nitrogen and oxygen atoms in total. The minimum atomic E-state index is -0.539. The molecule has 4 rings (SSSR count). The van der Waals surface area contributed by atoms with Crippen molar-refractivity contribution in [1.82, 2.24) is 10.6 Å². The van der Waals surface area contributed by atoms with Crippen LogP contribution in [0.25, 0.3) is 11.1 Å². The van der Waals surface area contributed by atoms with E-state index in [0.29, 0.717) is 24.5 Å². The van der Waals surface area contributed by atoms with Crippen LogP contribution in [0.5, 0.6) is 5.75 Å². The van der Waals surface area contributed by atoms with Crippen LogP contribution >= 0.6 is 0 Å². The first-order valence-electron chi connectivity index (χ1n) is 10.1. The van der Waals surface area contributed by atoms with Gasteiger partial charge in [0.25, 0.3) is 0 Å². The third-order valence-electron chi connectivity index (χ3n) is 5.18. The van der Waals surface area contributed by atoms with Crippen LogP contribution in [-0.2, 0) is 11.2 Å². The Bertz CT molecular complexity index is 1030. The SMILES string of the molecule is CC1=CC(Oc2ccc(CC3CNCCO3)cc2-c2ccc(C#N)c(F)c2)=CCN1. The van der Waals surface area contributed by atoms with Crippen LogP contribution in [0.1, 0.15) is 18.1 Å². The predicted molar refractivity (Wildman–Crippen MR) is 113 cm³/mol. The average molecular weight is 405 g/mol. The number of benzene rings is 2. The van der Waals surface area contributed by atoms with Gasteiger partial charge in [-0.25, -0.2) is 4.39 Å². The second-order valence-electron chi connectivity index (χ2n) is 7.45. The number of hydrogen-bond donors (Lipinski definition) is 2. The van der Waals surface area contributed by atoms with E-state index in [1.54, 1.807) is 6.07 Å². The molecule has 2 aliphatic rings. The summed E-state index contributed by atoms with van der Waals surface area (Å²) in [5.41, 5.74) is 3.59. The van der Waals surface area contributed by atoms with Gasteiger partial charge in [-0.15, -0.1) is 0 Å². The molecule has 1 fully saturated rings. The lowest BCUT2D eigenvalue weighted by molar-refractivity contribution is 0.0292. The molecular formula is C24H24FN3O2. The Hall–Kier alpha value is -3.14. The van der Waals surface area contributed by atoms with E-state index in [9.17, 15) is 4.39 Å².